The Morgan fingerprint density at radius 3 is 2.37 bits per heavy atom. The van der Waals surface area contributed by atoms with Gasteiger partial charge in [-0.2, -0.15) is 0 Å². The first kappa shape index (κ1) is 13.7. The molecule has 2 N–H and O–H groups in total. The molecule has 19 heavy (non-hydrogen) atoms. The van der Waals surface area contributed by atoms with E-state index in [-0.39, 0.29) is 0 Å². The third-order valence-corrected chi connectivity index (χ3v) is 3.12. The highest BCUT2D eigenvalue weighted by molar-refractivity contribution is 9.10. The van der Waals surface area contributed by atoms with Gasteiger partial charge in [0.05, 0.1) is 5.69 Å². The molecule has 0 radical (unpaired) electrons. The topological polar surface area (TPSA) is 44.5 Å². The van der Waals surface area contributed by atoms with Crippen LogP contribution in [0.15, 0.2) is 46.9 Å². The number of hydrogen-bond acceptors (Lipinski definition) is 3. The zero-order valence-electron chi connectivity index (χ0n) is 10.7. The van der Waals surface area contributed by atoms with E-state index in [1.807, 2.05) is 49.4 Å². The number of halogens is 1. The molecule has 0 amide bonds. The SMILES string of the molecule is Cc1ccc(OCCOc2ccc(Br)cc2)c(N)c1. The molecule has 0 fully saturated rings. The number of nitrogen functional groups attached to an aromatic ring is 1. The summed E-state index contributed by atoms with van der Waals surface area (Å²) in [4.78, 5) is 0. The van der Waals surface area contributed by atoms with Gasteiger partial charge < -0.3 is 15.2 Å². The second-order valence-corrected chi connectivity index (χ2v) is 5.11. The van der Waals surface area contributed by atoms with E-state index in [0.29, 0.717) is 24.7 Å². The molecule has 2 aromatic rings. The lowest BCUT2D eigenvalue weighted by Crippen LogP contribution is -2.09. The minimum absolute atomic E-state index is 0.462. The number of benzene rings is 2. The smallest absolute Gasteiger partial charge is 0.142 e. The Bertz CT molecular complexity index is 540. The molecule has 0 aliphatic heterocycles. The van der Waals surface area contributed by atoms with Crippen molar-refractivity contribution in [3.63, 3.8) is 0 Å². The molecule has 100 valence electrons. The lowest BCUT2D eigenvalue weighted by molar-refractivity contribution is 0.218. The molecule has 0 aliphatic rings. The fourth-order valence-electron chi connectivity index (χ4n) is 1.64. The summed E-state index contributed by atoms with van der Waals surface area (Å²) in [5.41, 5.74) is 7.64. The normalized spacial score (nSPS) is 10.2. The van der Waals surface area contributed by atoms with Crippen molar-refractivity contribution in [1.29, 1.82) is 0 Å². The van der Waals surface area contributed by atoms with Crippen molar-refractivity contribution in [3.05, 3.63) is 52.5 Å². The van der Waals surface area contributed by atoms with E-state index >= 15 is 0 Å². The molecule has 2 aromatic carbocycles. The van der Waals surface area contributed by atoms with Crippen LogP contribution in [0.1, 0.15) is 5.56 Å². The molecule has 0 aliphatic carbocycles. The van der Waals surface area contributed by atoms with E-state index in [1.165, 1.54) is 0 Å². The number of anilines is 1. The Morgan fingerprint density at radius 1 is 1.00 bits per heavy atom. The van der Waals surface area contributed by atoms with Crippen LogP contribution in [-0.4, -0.2) is 13.2 Å². The molecule has 0 atom stereocenters. The van der Waals surface area contributed by atoms with Gasteiger partial charge in [0.2, 0.25) is 0 Å². The van der Waals surface area contributed by atoms with Crippen LogP contribution in [0.4, 0.5) is 5.69 Å². The van der Waals surface area contributed by atoms with E-state index in [1.54, 1.807) is 0 Å². The largest absolute Gasteiger partial charge is 0.490 e. The fourth-order valence-corrected chi connectivity index (χ4v) is 1.91. The zero-order chi connectivity index (χ0) is 13.7. The summed E-state index contributed by atoms with van der Waals surface area (Å²) in [6.45, 7) is 2.94. The summed E-state index contributed by atoms with van der Waals surface area (Å²) in [7, 11) is 0. The maximum Gasteiger partial charge on any atom is 0.142 e. The van der Waals surface area contributed by atoms with E-state index in [4.69, 9.17) is 15.2 Å². The summed E-state index contributed by atoms with van der Waals surface area (Å²) < 4.78 is 12.2. The molecule has 0 heterocycles. The number of nitrogens with two attached hydrogens (primary N) is 1. The second kappa shape index (κ2) is 6.48. The average Bonchev–Trinajstić information content (AvgIpc) is 2.39. The van der Waals surface area contributed by atoms with Gasteiger partial charge in [-0.1, -0.05) is 22.0 Å². The Labute approximate surface area is 121 Å². The van der Waals surface area contributed by atoms with Crippen LogP contribution in [0.3, 0.4) is 0 Å². The summed E-state index contributed by atoms with van der Waals surface area (Å²) in [6, 6.07) is 13.4. The van der Waals surface area contributed by atoms with Gasteiger partial charge in [-0.15, -0.1) is 0 Å². The van der Waals surface area contributed by atoms with Crippen molar-refractivity contribution in [3.8, 4) is 11.5 Å². The first-order chi connectivity index (χ1) is 9.15. The third kappa shape index (κ3) is 4.17. The van der Waals surface area contributed by atoms with Crippen molar-refractivity contribution in [1.82, 2.24) is 0 Å². The lowest BCUT2D eigenvalue weighted by Gasteiger charge is -2.10. The van der Waals surface area contributed by atoms with Crippen LogP contribution < -0.4 is 15.2 Å². The van der Waals surface area contributed by atoms with Gasteiger partial charge in [0, 0.05) is 4.47 Å². The van der Waals surface area contributed by atoms with Crippen molar-refractivity contribution < 1.29 is 9.47 Å². The molecule has 2 rings (SSSR count). The van der Waals surface area contributed by atoms with Crippen molar-refractivity contribution in [2.24, 2.45) is 0 Å². The summed E-state index contributed by atoms with van der Waals surface area (Å²) in [5, 5.41) is 0. The van der Waals surface area contributed by atoms with Crippen LogP contribution in [0.5, 0.6) is 11.5 Å². The zero-order valence-corrected chi connectivity index (χ0v) is 12.3. The molecule has 0 bridgehead atoms. The fraction of sp³-hybridized carbons (Fsp3) is 0.200. The maximum atomic E-state index is 5.86. The molecule has 4 heteroatoms. The molecule has 0 saturated carbocycles. The first-order valence-electron chi connectivity index (χ1n) is 6.02. The van der Waals surface area contributed by atoms with Crippen molar-refractivity contribution in [2.45, 2.75) is 6.92 Å². The van der Waals surface area contributed by atoms with Gasteiger partial charge in [0.15, 0.2) is 0 Å². The Kier molecular flexibility index (Phi) is 4.68. The van der Waals surface area contributed by atoms with Crippen LogP contribution in [0.25, 0.3) is 0 Å². The number of hydrogen-bond donors (Lipinski definition) is 1. The maximum absolute atomic E-state index is 5.86. The predicted octanol–water partition coefficient (Wildman–Crippen LogP) is 3.80. The summed E-state index contributed by atoms with van der Waals surface area (Å²) in [6.07, 6.45) is 0. The minimum Gasteiger partial charge on any atom is -0.490 e. The molecular formula is C15H16BrNO2. The van der Waals surface area contributed by atoms with Gasteiger partial charge in [-0.3, -0.25) is 0 Å². The van der Waals surface area contributed by atoms with Gasteiger partial charge in [0.25, 0.3) is 0 Å². The standard InChI is InChI=1S/C15H16BrNO2/c1-11-2-7-15(14(17)10-11)19-9-8-18-13-5-3-12(16)4-6-13/h2-7,10H,8-9,17H2,1H3. The molecule has 0 aromatic heterocycles. The molecule has 0 saturated heterocycles. The highest BCUT2D eigenvalue weighted by Crippen LogP contribution is 2.22. The highest BCUT2D eigenvalue weighted by Gasteiger charge is 2.00. The van der Waals surface area contributed by atoms with E-state index in [9.17, 15) is 0 Å². The Morgan fingerprint density at radius 2 is 1.68 bits per heavy atom. The van der Waals surface area contributed by atoms with E-state index < -0.39 is 0 Å². The average molecular weight is 322 g/mol. The summed E-state index contributed by atoms with van der Waals surface area (Å²) in [5.74, 6) is 1.52. The second-order valence-electron chi connectivity index (χ2n) is 4.19. The number of ether oxygens (including phenoxy) is 2. The van der Waals surface area contributed by atoms with Gasteiger partial charge in [-0.25, -0.2) is 0 Å². The van der Waals surface area contributed by atoms with Crippen LogP contribution in [0, 0.1) is 6.92 Å². The molecule has 3 nitrogen and oxygen atoms in total. The monoisotopic (exact) mass is 321 g/mol. The third-order valence-electron chi connectivity index (χ3n) is 2.59. The van der Waals surface area contributed by atoms with E-state index in [0.717, 1.165) is 15.8 Å². The number of aryl methyl sites for hydroxylation is 1. The van der Waals surface area contributed by atoms with Gasteiger partial charge >= 0.3 is 0 Å². The molecular weight excluding hydrogens is 306 g/mol. The van der Waals surface area contributed by atoms with Crippen molar-refractivity contribution in [2.75, 3.05) is 18.9 Å². The van der Waals surface area contributed by atoms with Crippen LogP contribution in [0.2, 0.25) is 0 Å². The van der Waals surface area contributed by atoms with Crippen molar-refractivity contribution >= 4 is 21.6 Å². The van der Waals surface area contributed by atoms with Crippen LogP contribution >= 0.6 is 15.9 Å². The Balaban J connectivity index is 1.79. The minimum atomic E-state index is 0.462. The van der Waals surface area contributed by atoms with E-state index in [2.05, 4.69) is 15.9 Å². The molecule has 0 unspecified atom stereocenters. The Hall–Kier alpha value is -1.68. The predicted molar refractivity (Wildman–Crippen MR) is 80.7 cm³/mol. The number of rotatable bonds is 5. The lowest BCUT2D eigenvalue weighted by atomic mass is 10.2. The first-order valence-corrected chi connectivity index (χ1v) is 6.82. The quantitative estimate of drug-likeness (QED) is 0.673. The van der Waals surface area contributed by atoms with Crippen LogP contribution in [-0.2, 0) is 0 Å². The van der Waals surface area contributed by atoms with Gasteiger partial charge in [0.1, 0.15) is 24.7 Å². The molecule has 0 spiro atoms. The highest BCUT2D eigenvalue weighted by atomic mass is 79.9. The summed E-state index contributed by atoms with van der Waals surface area (Å²) >= 11 is 3.38. The van der Waals surface area contributed by atoms with Gasteiger partial charge in [-0.05, 0) is 48.9 Å².